The molecule has 0 bridgehead atoms. The number of likely N-dealkylation sites (tertiary alicyclic amines) is 2. The van der Waals surface area contributed by atoms with Crippen LogP contribution in [-0.4, -0.2) is 55.1 Å². The standard InChI is InChI=1S/C22H37N3/c1-18(2)15-19-6-8-20(9-7-19)16-25-12-4-5-22(17-25)23-21-10-13-24(3)14-11-21/h6-9,18,21-23H,4-5,10-17H2,1-3H3. The van der Waals surface area contributed by atoms with Crippen molar-refractivity contribution in [1.82, 2.24) is 15.1 Å². The van der Waals surface area contributed by atoms with Crippen molar-refractivity contribution in [3.63, 3.8) is 0 Å². The summed E-state index contributed by atoms with van der Waals surface area (Å²) in [5.41, 5.74) is 2.94. The molecular weight excluding hydrogens is 306 g/mol. The lowest BCUT2D eigenvalue weighted by molar-refractivity contribution is 0.157. The zero-order chi connectivity index (χ0) is 17.6. The quantitative estimate of drug-likeness (QED) is 0.852. The van der Waals surface area contributed by atoms with Gasteiger partial charge in [0.15, 0.2) is 0 Å². The van der Waals surface area contributed by atoms with Crippen molar-refractivity contribution >= 4 is 0 Å². The molecule has 2 heterocycles. The van der Waals surface area contributed by atoms with Gasteiger partial charge < -0.3 is 10.2 Å². The zero-order valence-corrected chi connectivity index (χ0v) is 16.5. The molecule has 0 radical (unpaired) electrons. The molecule has 140 valence electrons. The van der Waals surface area contributed by atoms with Crippen LogP contribution >= 0.6 is 0 Å². The van der Waals surface area contributed by atoms with Gasteiger partial charge in [-0.15, -0.1) is 0 Å². The molecule has 0 saturated carbocycles. The first-order valence-corrected chi connectivity index (χ1v) is 10.3. The second-order valence-electron chi connectivity index (χ2n) is 8.73. The Morgan fingerprint density at radius 1 is 0.960 bits per heavy atom. The summed E-state index contributed by atoms with van der Waals surface area (Å²) < 4.78 is 0. The van der Waals surface area contributed by atoms with Gasteiger partial charge >= 0.3 is 0 Å². The minimum atomic E-state index is 0.683. The molecule has 1 aromatic carbocycles. The van der Waals surface area contributed by atoms with E-state index in [1.54, 1.807) is 0 Å². The minimum absolute atomic E-state index is 0.683. The third kappa shape index (κ3) is 6.09. The Bertz CT molecular complexity index is 503. The van der Waals surface area contributed by atoms with E-state index < -0.39 is 0 Å². The van der Waals surface area contributed by atoms with Crippen molar-refractivity contribution in [3.05, 3.63) is 35.4 Å². The first kappa shape index (κ1) is 18.9. The predicted molar refractivity (Wildman–Crippen MR) is 107 cm³/mol. The van der Waals surface area contributed by atoms with Crippen molar-refractivity contribution in [3.8, 4) is 0 Å². The molecule has 3 nitrogen and oxygen atoms in total. The highest BCUT2D eigenvalue weighted by molar-refractivity contribution is 5.23. The average Bonchev–Trinajstić information content (AvgIpc) is 2.59. The van der Waals surface area contributed by atoms with Gasteiger partial charge in [0.2, 0.25) is 0 Å². The summed E-state index contributed by atoms with van der Waals surface area (Å²) >= 11 is 0. The smallest absolute Gasteiger partial charge is 0.0234 e. The highest BCUT2D eigenvalue weighted by Crippen LogP contribution is 2.17. The van der Waals surface area contributed by atoms with Gasteiger partial charge in [0, 0.05) is 25.2 Å². The fourth-order valence-electron chi connectivity index (χ4n) is 4.35. The molecule has 25 heavy (non-hydrogen) atoms. The molecule has 2 aliphatic rings. The third-order valence-corrected chi connectivity index (χ3v) is 5.77. The van der Waals surface area contributed by atoms with E-state index in [0.29, 0.717) is 6.04 Å². The Labute approximate surface area is 154 Å². The number of rotatable bonds is 6. The highest BCUT2D eigenvalue weighted by atomic mass is 15.2. The van der Waals surface area contributed by atoms with Crippen LogP contribution in [-0.2, 0) is 13.0 Å². The van der Waals surface area contributed by atoms with Gasteiger partial charge in [-0.25, -0.2) is 0 Å². The van der Waals surface area contributed by atoms with Gasteiger partial charge in [0.1, 0.15) is 0 Å². The Morgan fingerprint density at radius 3 is 2.32 bits per heavy atom. The lowest BCUT2D eigenvalue weighted by Crippen LogP contribution is -2.51. The molecule has 2 aliphatic heterocycles. The molecule has 0 amide bonds. The third-order valence-electron chi connectivity index (χ3n) is 5.77. The first-order chi connectivity index (χ1) is 12.1. The maximum atomic E-state index is 3.96. The van der Waals surface area contributed by atoms with E-state index in [1.165, 1.54) is 69.4 Å². The number of benzene rings is 1. The van der Waals surface area contributed by atoms with Crippen molar-refractivity contribution in [2.24, 2.45) is 5.92 Å². The maximum absolute atomic E-state index is 3.96. The van der Waals surface area contributed by atoms with Gasteiger partial charge in [-0.2, -0.15) is 0 Å². The van der Waals surface area contributed by atoms with Crippen LogP contribution in [0.5, 0.6) is 0 Å². The normalized spacial score (nSPS) is 24.1. The summed E-state index contributed by atoms with van der Waals surface area (Å²) in [4.78, 5) is 5.10. The number of nitrogens with zero attached hydrogens (tertiary/aromatic N) is 2. The van der Waals surface area contributed by atoms with E-state index in [9.17, 15) is 0 Å². The molecule has 3 heteroatoms. The molecule has 0 aliphatic carbocycles. The summed E-state index contributed by atoms with van der Waals surface area (Å²) in [6, 6.07) is 10.7. The van der Waals surface area contributed by atoms with Crippen molar-refractivity contribution in [1.29, 1.82) is 0 Å². The summed E-state index contributed by atoms with van der Waals surface area (Å²) in [6.07, 6.45) is 6.48. The van der Waals surface area contributed by atoms with Crippen molar-refractivity contribution in [2.75, 3.05) is 33.2 Å². The molecule has 3 rings (SSSR count). The second kappa shape index (κ2) is 9.16. The van der Waals surface area contributed by atoms with Gasteiger partial charge in [-0.05, 0) is 75.8 Å². The predicted octanol–water partition coefficient (Wildman–Crippen LogP) is 3.53. The summed E-state index contributed by atoms with van der Waals surface area (Å²) in [7, 11) is 2.24. The van der Waals surface area contributed by atoms with Crippen LogP contribution in [0.4, 0.5) is 0 Å². The SMILES string of the molecule is CC(C)Cc1ccc(CN2CCCC(NC3CCN(C)CC3)C2)cc1. The fraction of sp³-hybridized carbons (Fsp3) is 0.727. The molecule has 1 aromatic rings. The van der Waals surface area contributed by atoms with Crippen LogP contribution in [0.3, 0.4) is 0 Å². The summed E-state index contributed by atoms with van der Waals surface area (Å²) in [5.74, 6) is 0.736. The Kier molecular flexibility index (Phi) is 6.92. The van der Waals surface area contributed by atoms with Gasteiger partial charge in [-0.1, -0.05) is 38.1 Å². The van der Waals surface area contributed by atoms with E-state index in [4.69, 9.17) is 0 Å². The monoisotopic (exact) mass is 343 g/mol. The molecule has 0 aromatic heterocycles. The number of piperidine rings is 2. The molecule has 2 fully saturated rings. The van der Waals surface area contributed by atoms with Gasteiger partial charge in [0.05, 0.1) is 0 Å². The molecule has 0 spiro atoms. The Morgan fingerprint density at radius 2 is 1.64 bits per heavy atom. The summed E-state index contributed by atoms with van der Waals surface area (Å²) in [5, 5.41) is 3.96. The van der Waals surface area contributed by atoms with E-state index in [-0.39, 0.29) is 0 Å². The fourth-order valence-corrected chi connectivity index (χ4v) is 4.35. The minimum Gasteiger partial charge on any atom is -0.310 e. The van der Waals surface area contributed by atoms with Crippen LogP contribution in [0.2, 0.25) is 0 Å². The lowest BCUT2D eigenvalue weighted by Gasteiger charge is -2.37. The van der Waals surface area contributed by atoms with E-state index in [2.05, 4.69) is 60.3 Å². The van der Waals surface area contributed by atoms with E-state index >= 15 is 0 Å². The van der Waals surface area contributed by atoms with Crippen LogP contribution in [0, 0.1) is 5.92 Å². The van der Waals surface area contributed by atoms with Crippen molar-refractivity contribution < 1.29 is 0 Å². The van der Waals surface area contributed by atoms with Gasteiger partial charge in [-0.3, -0.25) is 4.90 Å². The molecule has 2 saturated heterocycles. The maximum Gasteiger partial charge on any atom is 0.0234 e. The molecule has 1 atom stereocenters. The Hall–Kier alpha value is -0.900. The lowest BCUT2D eigenvalue weighted by atomic mass is 9.99. The van der Waals surface area contributed by atoms with E-state index in [0.717, 1.165) is 18.5 Å². The highest BCUT2D eigenvalue weighted by Gasteiger charge is 2.24. The number of hydrogen-bond donors (Lipinski definition) is 1. The topological polar surface area (TPSA) is 18.5 Å². The van der Waals surface area contributed by atoms with Gasteiger partial charge in [0.25, 0.3) is 0 Å². The van der Waals surface area contributed by atoms with Crippen LogP contribution in [0.15, 0.2) is 24.3 Å². The van der Waals surface area contributed by atoms with E-state index in [1.807, 2.05) is 0 Å². The zero-order valence-electron chi connectivity index (χ0n) is 16.5. The van der Waals surface area contributed by atoms with Crippen LogP contribution < -0.4 is 5.32 Å². The number of nitrogens with one attached hydrogen (secondary N) is 1. The average molecular weight is 344 g/mol. The molecular formula is C22H37N3. The Balaban J connectivity index is 1.46. The summed E-state index contributed by atoms with van der Waals surface area (Å²) in [6.45, 7) is 10.6. The van der Waals surface area contributed by atoms with Crippen molar-refractivity contribution in [2.45, 2.75) is 64.6 Å². The largest absolute Gasteiger partial charge is 0.310 e. The second-order valence-corrected chi connectivity index (χ2v) is 8.73. The molecule has 1 N–H and O–H groups in total. The first-order valence-electron chi connectivity index (χ1n) is 10.3. The van der Waals surface area contributed by atoms with Crippen LogP contribution in [0.1, 0.15) is 50.7 Å². The molecule has 1 unspecified atom stereocenters. The number of hydrogen-bond acceptors (Lipinski definition) is 3. The van der Waals surface area contributed by atoms with Crippen LogP contribution in [0.25, 0.3) is 0 Å².